The Balaban J connectivity index is 0.981. The maximum atomic E-state index is 15.2. The topological polar surface area (TPSA) is 87.1 Å². The molecule has 0 unspecified atom stereocenters. The Morgan fingerprint density at radius 2 is 0.826 bits per heavy atom. The molecule has 0 saturated heterocycles. The summed E-state index contributed by atoms with van der Waals surface area (Å²) in [5.41, 5.74) is 6.74. The van der Waals surface area contributed by atoms with Gasteiger partial charge in [-0.1, -0.05) is 164 Å². The third-order valence-electron chi connectivity index (χ3n) is 13.7. The fourth-order valence-electron chi connectivity index (χ4n) is 10.5. The van der Waals surface area contributed by atoms with Crippen molar-refractivity contribution in [3.63, 3.8) is 0 Å². The van der Waals surface area contributed by atoms with Crippen molar-refractivity contribution in [1.82, 2.24) is 28.5 Å². The van der Waals surface area contributed by atoms with Crippen molar-refractivity contribution in [2.45, 2.75) is 0 Å². The Morgan fingerprint density at radius 3 is 1.51 bits per heavy atom. The fraction of sp³-hybridized carbons (Fsp3) is 0. The number of benzene rings is 10. The average molecular weight is 885 g/mol. The second-order valence-electron chi connectivity index (χ2n) is 17.5. The van der Waals surface area contributed by atoms with Gasteiger partial charge in [0.25, 0.3) is 11.1 Å². The van der Waals surface area contributed by atoms with Crippen LogP contribution in [-0.4, -0.2) is 28.5 Å². The Hall–Kier alpha value is -9.53. The normalized spacial score (nSPS) is 11.9. The van der Waals surface area contributed by atoms with Gasteiger partial charge in [-0.25, -0.2) is 4.98 Å². The summed E-state index contributed by atoms with van der Waals surface area (Å²) in [6.45, 7) is 0. The van der Waals surface area contributed by atoms with E-state index >= 15 is 4.79 Å². The van der Waals surface area contributed by atoms with Gasteiger partial charge in [-0.05, 0) is 103 Å². The largest absolute Gasteiger partial charge is 0.278 e. The minimum Gasteiger partial charge on any atom is -0.278 e. The van der Waals surface area contributed by atoms with Crippen LogP contribution >= 0.6 is 0 Å². The lowest BCUT2D eigenvalue weighted by molar-refractivity contribution is 0.953. The Kier molecular flexibility index (Phi) is 8.41. The van der Waals surface area contributed by atoms with Crippen LogP contribution in [0.3, 0.4) is 0 Å². The highest BCUT2D eigenvalue weighted by molar-refractivity contribution is 6.25. The molecule has 0 amide bonds. The lowest BCUT2D eigenvalue weighted by atomic mass is 9.94. The molecule has 8 heteroatoms. The maximum Gasteiger partial charge on any atom is 0.266 e. The van der Waals surface area contributed by atoms with Gasteiger partial charge in [0.2, 0.25) is 5.95 Å². The molecule has 4 aromatic heterocycles. The number of hydrogen-bond acceptors (Lipinski definition) is 5. The first-order valence-electron chi connectivity index (χ1n) is 22.9. The molecule has 4 heterocycles. The highest BCUT2D eigenvalue weighted by Gasteiger charge is 2.21. The van der Waals surface area contributed by atoms with Crippen LogP contribution in [0.15, 0.2) is 228 Å². The molecule has 8 nitrogen and oxygen atoms in total. The van der Waals surface area contributed by atoms with E-state index in [9.17, 15) is 4.79 Å². The molecule has 69 heavy (non-hydrogen) atoms. The lowest BCUT2D eigenvalue weighted by Gasteiger charge is -2.17. The predicted octanol–water partition coefficient (Wildman–Crippen LogP) is 13.5. The number of hydrogen-bond donors (Lipinski definition) is 0. The molecule has 0 bridgehead atoms. The van der Waals surface area contributed by atoms with Crippen molar-refractivity contribution in [2.75, 3.05) is 0 Å². The molecule has 0 aliphatic rings. The van der Waals surface area contributed by atoms with Crippen LogP contribution in [-0.2, 0) is 0 Å². The summed E-state index contributed by atoms with van der Waals surface area (Å²) in [6, 6.07) is 73.0. The molecule has 14 rings (SSSR count). The molecule has 0 aliphatic carbocycles. The van der Waals surface area contributed by atoms with Gasteiger partial charge in [0.1, 0.15) is 5.65 Å². The third kappa shape index (κ3) is 5.92. The van der Waals surface area contributed by atoms with Crippen molar-refractivity contribution in [2.24, 2.45) is 0 Å². The van der Waals surface area contributed by atoms with Crippen molar-refractivity contribution < 1.29 is 0 Å². The minimum absolute atomic E-state index is 0.197. The molecule has 0 N–H and O–H groups in total. The van der Waals surface area contributed by atoms with Gasteiger partial charge in [-0.3, -0.25) is 23.1 Å². The molecule has 322 valence electrons. The smallest absolute Gasteiger partial charge is 0.266 e. The van der Waals surface area contributed by atoms with E-state index in [4.69, 9.17) is 15.0 Å². The second kappa shape index (κ2) is 15.0. The van der Waals surface area contributed by atoms with Crippen molar-refractivity contribution in [3.05, 3.63) is 239 Å². The SMILES string of the molecule is O=c1c2ccc(-c3ccc4c(c3)c3ccccc3n4-c3nc(-c4ccccc4)nc(-c4ccccc4)n3)cc2n2c(=O)c3ccccc3cc2n1-c1ccc2c3ccccc3c3ccccc3c2c1. The maximum absolute atomic E-state index is 15.2. The number of pyridine rings is 1. The molecule has 0 fully saturated rings. The molecule has 14 aromatic rings. The number of rotatable bonds is 5. The van der Waals surface area contributed by atoms with Crippen LogP contribution in [0.2, 0.25) is 0 Å². The average Bonchev–Trinajstić information content (AvgIpc) is 3.75. The first-order chi connectivity index (χ1) is 34.1. The summed E-state index contributed by atoms with van der Waals surface area (Å²) < 4.78 is 5.52. The van der Waals surface area contributed by atoms with Crippen LogP contribution in [0.5, 0.6) is 0 Å². The standard InChI is InChI=1S/C61H36N6O2/c68-59-43-20-8-7-19-41(43)35-56-65(42-29-31-48-46-23-10-9-21-44(46)45-22-11-12-24-47(45)51(48)36-42)60(69)50-30-27-40(34-55(50)67(56)59)39-28-32-54-52(33-39)49-25-13-14-26-53(49)66(54)61-63-57(37-15-3-1-4-16-37)62-58(64-61)38-17-5-2-6-18-38/h1-36H. The van der Waals surface area contributed by atoms with E-state index in [1.54, 1.807) is 8.97 Å². The quantitative estimate of drug-likeness (QED) is 0.127. The number of aromatic nitrogens is 6. The summed E-state index contributed by atoms with van der Waals surface area (Å²) in [6.07, 6.45) is 0. The van der Waals surface area contributed by atoms with E-state index in [2.05, 4.69) is 95.6 Å². The van der Waals surface area contributed by atoms with Crippen molar-refractivity contribution in [1.29, 1.82) is 0 Å². The fourth-order valence-corrected chi connectivity index (χ4v) is 10.5. The summed E-state index contributed by atoms with van der Waals surface area (Å²) in [5.74, 6) is 1.67. The molecule has 0 spiro atoms. The third-order valence-corrected chi connectivity index (χ3v) is 13.7. The van der Waals surface area contributed by atoms with Crippen LogP contribution in [0, 0.1) is 0 Å². The summed E-state index contributed by atoms with van der Waals surface area (Å²) in [4.78, 5) is 45.2. The van der Waals surface area contributed by atoms with Crippen LogP contribution < -0.4 is 11.1 Å². The molecule has 0 saturated carbocycles. The van der Waals surface area contributed by atoms with Gasteiger partial charge in [0, 0.05) is 27.3 Å². The number of fused-ring (bicyclic) bond motifs is 13. The summed E-state index contributed by atoms with van der Waals surface area (Å²) in [7, 11) is 0. The van der Waals surface area contributed by atoms with Gasteiger partial charge in [0.15, 0.2) is 11.6 Å². The number of nitrogens with zero attached hydrogens (tertiary/aromatic N) is 6. The zero-order chi connectivity index (χ0) is 45.7. The summed E-state index contributed by atoms with van der Waals surface area (Å²) in [5, 5.41) is 10.5. The van der Waals surface area contributed by atoms with E-state index in [1.165, 1.54) is 5.39 Å². The molecular formula is C61H36N6O2. The first kappa shape index (κ1) is 38.7. The molecular weight excluding hydrogens is 849 g/mol. The van der Waals surface area contributed by atoms with Gasteiger partial charge < -0.3 is 0 Å². The van der Waals surface area contributed by atoms with E-state index in [0.717, 1.165) is 76.4 Å². The lowest BCUT2D eigenvalue weighted by Crippen LogP contribution is -2.27. The molecule has 0 radical (unpaired) electrons. The van der Waals surface area contributed by atoms with Crippen molar-refractivity contribution in [3.8, 4) is 45.5 Å². The van der Waals surface area contributed by atoms with Gasteiger partial charge >= 0.3 is 0 Å². The molecule has 10 aromatic carbocycles. The van der Waals surface area contributed by atoms with E-state index < -0.39 is 0 Å². The van der Waals surface area contributed by atoms with Crippen molar-refractivity contribution >= 4 is 81.4 Å². The van der Waals surface area contributed by atoms with Gasteiger partial charge in [-0.2, -0.15) is 9.97 Å². The van der Waals surface area contributed by atoms with Crippen LogP contribution in [0.1, 0.15) is 0 Å². The highest BCUT2D eigenvalue weighted by Crippen LogP contribution is 2.38. The monoisotopic (exact) mass is 884 g/mol. The Labute approximate surface area is 392 Å². The minimum atomic E-state index is -0.212. The number of para-hydroxylation sites is 1. The highest BCUT2D eigenvalue weighted by atomic mass is 16.1. The van der Waals surface area contributed by atoms with Gasteiger partial charge in [0.05, 0.1) is 27.6 Å². The van der Waals surface area contributed by atoms with Crippen LogP contribution in [0.4, 0.5) is 0 Å². The van der Waals surface area contributed by atoms with Gasteiger partial charge in [-0.15, -0.1) is 0 Å². The Morgan fingerprint density at radius 1 is 0.304 bits per heavy atom. The zero-order valence-corrected chi connectivity index (χ0v) is 36.8. The second-order valence-corrected chi connectivity index (χ2v) is 17.5. The summed E-state index contributed by atoms with van der Waals surface area (Å²) >= 11 is 0. The van der Waals surface area contributed by atoms with E-state index in [1.807, 2.05) is 127 Å². The van der Waals surface area contributed by atoms with E-state index in [-0.39, 0.29) is 11.1 Å². The molecule has 0 atom stereocenters. The first-order valence-corrected chi connectivity index (χ1v) is 22.9. The predicted molar refractivity (Wildman–Crippen MR) is 281 cm³/mol. The Bertz CT molecular complexity index is 4500. The van der Waals surface area contributed by atoms with E-state index in [0.29, 0.717) is 45.2 Å². The molecule has 0 aliphatic heterocycles. The zero-order valence-electron chi connectivity index (χ0n) is 36.8. The van der Waals surface area contributed by atoms with Crippen LogP contribution in [0.25, 0.3) is 127 Å².